The van der Waals surface area contributed by atoms with E-state index < -0.39 is 10.0 Å². The predicted octanol–water partition coefficient (Wildman–Crippen LogP) is 1.45. The van der Waals surface area contributed by atoms with Crippen molar-refractivity contribution in [1.82, 2.24) is 9.71 Å². The molecule has 0 spiro atoms. The van der Waals surface area contributed by atoms with E-state index in [1.165, 1.54) is 11.3 Å². The van der Waals surface area contributed by atoms with Crippen LogP contribution in [0.4, 0.5) is 0 Å². The van der Waals surface area contributed by atoms with Gasteiger partial charge in [0.1, 0.15) is 0 Å². The van der Waals surface area contributed by atoms with Gasteiger partial charge in [-0.25, -0.2) is 13.1 Å². The van der Waals surface area contributed by atoms with Crippen LogP contribution in [0.2, 0.25) is 0 Å². The van der Waals surface area contributed by atoms with Crippen LogP contribution in [-0.4, -0.2) is 18.4 Å². The fraction of sp³-hybridized carbons (Fsp3) is 0.167. The molecule has 1 heterocycles. The number of thiazole rings is 1. The van der Waals surface area contributed by atoms with Gasteiger partial charge < -0.3 is 5.73 Å². The summed E-state index contributed by atoms with van der Waals surface area (Å²) in [7, 11) is -3.52. The summed E-state index contributed by atoms with van der Waals surface area (Å²) in [4.78, 5) is 5.35. The summed E-state index contributed by atoms with van der Waals surface area (Å²) in [5, 5.41) is 0. The average molecular weight is 327 g/mol. The summed E-state index contributed by atoms with van der Waals surface area (Å²) in [6.45, 7) is 0.238. The third-order valence-corrected chi connectivity index (χ3v) is 4.87. The van der Waals surface area contributed by atoms with Crippen LogP contribution in [-0.2, 0) is 23.0 Å². The van der Waals surface area contributed by atoms with E-state index in [4.69, 9.17) is 18.0 Å². The van der Waals surface area contributed by atoms with Gasteiger partial charge >= 0.3 is 0 Å². The van der Waals surface area contributed by atoms with Gasteiger partial charge in [0, 0.05) is 24.0 Å². The van der Waals surface area contributed by atoms with Crippen molar-refractivity contribution in [3.05, 3.63) is 46.4 Å². The van der Waals surface area contributed by atoms with Crippen LogP contribution in [0.15, 0.2) is 40.9 Å². The standard InChI is InChI=1S/C12H13N3O2S3/c13-12(18)5-9-1-3-11(4-2-9)20(16,17)15-7-10-6-14-8-19-10/h1-4,6,8,15H,5,7H2,(H2,13,18). The van der Waals surface area contributed by atoms with Crippen LogP contribution in [0, 0.1) is 0 Å². The number of benzene rings is 1. The maximum Gasteiger partial charge on any atom is 0.240 e. The number of sulfonamides is 1. The van der Waals surface area contributed by atoms with Crippen LogP contribution in [0.5, 0.6) is 0 Å². The lowest BCUT2D eigenvalue weighted by Crippen LogP contribution is -2.22. The van der Waals surface area contributed by atoms with Crippen molar-refractivity contribution in [2.75, 3.05) is 0 Å². The molecule has 0 unspecified atom stereocenters. The summed E-state index contributed by atoms with van der Waals surface area (Å²) in [6, 6.07) is 6.51. The van der Waals surface area contributed by atoms with E-state index in [1.807, 2.05) is 0 Å². The molecule has 0 aliphatic carbocycles. The Morgan fingerprint density at radius 2 is 2.05 bits per heavy atom. The molecule has 0 bridgehead atoms. The SMILES string of the molecule is NC(=S)Cc1ccc(S(=O)(=O)NCc2cncs2)cc1. The molecule has 2 aromatic rings. The number of hydrogen-bond acceptors (Lipinski definition) is 5. The Morgan fingerprint density at radius 1 is 1.35 bits per heavy atom. The highest BCUT2D eigenvalue weighted by Crippen LogP contribution is 2.13. The number of nitrogens with one attached hydrogen (secondary N) is 1. The summed E-state index contributed by atoms with van der Waals surface area (Å²) in [5.74, 6) is 0. The minimum Gasteiger partial charge on any atom is -0.393 e. The topological polar surface area (TPSA) is 85.1 Å². The van der Waals surface area contributed by atoms with Crippen molar-refractivity contribution in [2.45, 2.75) is 17.9 Å². The molecule has 0 saturated heterocycles. The van der Waals surface area contributed by atoms with E-state index >= 15 is 0 Å². The van der Waals surface area contributed by atoms with Crippen molar-refractivity contribution < 1.29 is 8.42 Å². The maximum atomic E-state index is 12.1. The quantitative estimate of drug-likeness (QED) is 0.785. The molecule has 0 saturated carbocycles. The molecule has 106 valence electrons. The Morgan fingerprint density at radius 3 is 2.60 bits per heavy atom. The summed E-state index contributed by atoms with van der Waals surface area (Å²) >= 11 is 6.22. The highest BCUT2D eigenvalue weighted by Gasteiger charge is 2.13. The lowest BCUT2D eigenvalue weighted by Gasteiger charge is -2.06. The largest absolute Gasteiger partial charge is 0.393 e. The number of nitrogens with zero attached hydrogens (tertiary/aromatic N) is 1. The number of thiocarbonyl (C=S) groups is 1. The molecule has 5 nitrogen and oxygen atoms in total. The molecule has 0 fully saturated rings. The second kappa shape index (κ2) is 6.40. The van der Waals surface area contributed by atoms with Crippen LogP contribution in [0.1, 0.15) is 10.4 Å². The normalized spacial score (nSPS) is 11.4. The summed E-state index contributed by atoms with van der Waals surface area (Å²) < 4.78 is 26.7. The van der Waals surface area contributed by atoms with Crippen LogP contribution >= 0.6 is 23.6 Å². The Labute approximate surface area is 126 Å². The molecule has 0 aliphatic heterocycles. The Bertz CT molecular complexity index is 679. The number of aromatic nitrogens is 1. The fourth-order valence-corrected chi connectivity index (χ4v) is 3.37. The van der Waals surface area contributed by atoms with Crippen molar-refractivity contribution in [3.63, 3.8) is 0 Å². The van der Waals surface area contributed by atoms with E-state index in [2.05, 4.69) is 9.71 Å². The van der Waals surface area contributed by atoms with Gasteiger partial charge in [0.15, 0.2) is 0 Å². The number of rotatable bonds is 6. The van der Waals surface area contributed by atoms with E-state index in [0.29, 0.717) is 11.4 Å². The number of hydrogen-bond donors (Lipinski definition) is 2. The van der Waals surface area contributed by atoms with Crippen molar-refractivity contribution >= 4 is 38.6 Å². The monoisotopic (exact) mass is 327 g/mol. The second-order valence-corrected chi connectivity index (χ2v) is 7.34. The van der Waals surface area contributed by atoms with Gasteiger partial charge in [0.2, 0.25) is 10.0 Å². The molecule has 1 aromatic carbocycles. The summed E-state index contributed by atoms with van der Waals surface area (Å²) in [5.41, 5.74) is 8.00. The highest BCUT2D eigenvalue weighted by molar-refractivity contribution is 7.89. The van der Waals surface area contributed by atoms with Crippen LogP contribution in [0.3, 0.4) is 0 Å². The minimum absolute atomic E-state index is 0.216. The molecular weight excluding hydrogens is 314 g/mol. The van der Waals surface area contributed by atoms with Crippen molar-refractivity contribution in [3.8, 4) is 0 Å². The smallest absolute Gasteiger partial charge is 0.240 e. The van der Waals surface area contributed by atoms with Crippen LogP contribution < -0.4 is 10.5 Å². The van der Waals surface area contributed by atoms with Crippen molar-refractivity contribution in [2.24, 2.45) is 5.73 Å². The third-order valence-electron chi connectivity index (χ3n) is 2.53. The van der Waals surface area contributed by atoms with E-state index in [-0.39, 0.29) is 11.4 Å². The first-order valence-electron chi connectivity index (χ1n) is 5.71. The van der Waals surface area contributed by atoms with Gasteiger partial charge in [-0.3, -0.25) is 4.98 Å². The molecule has 0 atom stereocenters. The van der Waals surface area contributed by atoms with Gasteiger partial charge in [-0.05, 0) is 17.7 Å². The molecule has 0 radical (unpaired) electrons. The average Bonchev–Trinajstić information content (AvgIpc) is 2.89. The molecule has 0 amide bonds. The molecule has 8 heteroatoms. The van der Waals surface area contributed by atoms with Gasteiger partial charge in [-0.2, -0.15) is 0 Å². The zero-order chi connectivity index (χ0) is 14.6. The van der Waals surface area contributed by atoms with Crippen LogP contribution in [0.25, 0.3) is 0 Å². The van der Waals surface area contributed by atoms with Gasteiger partial charge in [0.25, 0.3) is 0 Å². The minimum atomic E-state index is -3.52. The zero-order valence-corrected chi connectivity index (χ0v) is 12.9. The Balaban J connectivity index is 2.07. The first-order valence-corrected chi connectivity index (χ1v) is 8.49. The van der Waals surface area contributed by atoms with Gasteiger partial charge in [-0.15, -0.1) is 11.3 Å². The molecule has 20 heavy (non-hydrogen) atoms. The second-order valence-electron chi connectivity index (χ2n) is 4.08. The fourth-order valence-electron chi connectivity index (χ4n) is 1.57. The van der Waals surface area contributed by atoms with Crippen molar-refractivity contribution in [1.29, 1.82) is 0 Å². The van der Waals surface area contributed by atoms with E-state index in [1.54, 1.807) is 36.0 Å². The molecular formula is C12H13N3O2S3. The highest BCUT2D eigenvalue weighted by atomic mass is 32.2. The third kappa shape index (κ3) is 4.07. The first-order chi connectivity index (χ1) is 9.47. The zero-order valence-electron chi connectivity index (χ0n) is 10.4. The van der Waals surface area contributed by atoms with E-state index in [9.17, 15) is 8.42 Å². The summed E-state index contributed by atoms with van der Waals surface area (Å²) in [6.07, 6.45) is 2.10. The van der Waals surface area contributed by atoms with Gasteiger partial charge in [0.05, 0.1) is 15.4 Å². The maximum absolute atomic E-state index is 12.1. The number of nitrogens with two attached hydrogens (primary N) is 1. The lowest BCUT2D eigenvalue weighted by atomic mass is 10.1. The molecule has 3 N–H and O–H groups in total. The van der Waals surface area contributed by atoms with Gasteiger partial charge in [-0.1, -0.05) is 24.4 Å². The van der Waals surface area contributed by atoms with E-state index in [0.717, 1.165) is 10.4 Å². The lowest BCUT2D eigenvalue weighted by molar-refractivity contribution is 0.582. The predicted molar refractivity (Wildman–Crippen MR) is 83.1 cm³/mol. The Kier molecular flexibility index (Phi) is 4.81. The molecule has 0 aliphatic rings. The Hall–Kier alpha value is -1.35. The molecule has 2 rings (SSSR count). The molecule has 1 aromatic heterocycles. The first kappa shape index (κ1) is 15.0.